The maximum Gasteiger partial charge on any atom is 0.225 e. The fourth-order valence-corrected chi connectivity index (χ4v) is 5.45. The predicted octanol–water partition coefficient (Wildman–Crippen LogP) is 0.356. The Morgan fingerprint density at radius 2 is 1.59 bits per heavy atom. The van der Waals surface area contributed by atoms with Crippen molar-refractivity contribution in [2.24, 2.45) is 5.92 Å². The van der Waals surface area contributed by atoms with Crippen LogP contribution in [0.4, 0.5) is 11.8 Å². The quantitative estimate of drug-likeness (QED) is 0.632. The van der Waals surface area contributed by atoms with Crippen LogP contribution in [0.3, 0.4) is 0 Å². The maximum absolute atomic E-state index is 12.7. The van der Waals surface area contributed by atoms with Crippen LogP contribution in [-0.4, -0.2) is 85.1 Å². The van der Waals surface area contributed by atoms with Gasteiger partial charge in [-0.2, -0.15) is 4.31 Å². The molecule has 2 aromatic heterocycles. The lowest BCUT2D eigenvalue weighted by molar-refractivity contribution is -0.125. The molecule has 0 aromatic carbocycles. The van der Waals surface area contributed by atoms with Gasteiger partial charge in [0, 0.05) is 70.3 Å². The third-order valence-corrected chi connectivity index (χ3v) is 7.84. The average molecular weight is 460 g/mol. The third-order valence-electron chi connectivity index (χ3n) is 5.97. The van der Waals surface area contributed by atoms with Gasteiger partial charge >= 0.3 is 0 Å². The molecule has 11 heteroatoms. The maximum atomic E-state index is 12.7. The lowest BCUT2D eigenvalue weighted by Gasteiger charge is -2.34. The van der Waals surface area contributed by atoms with Gasteiger partial charge in [0.2, 0.25) is 21.9 Å². The molecule has 4 rings (SSSR count). The minimum absolute atomic E-state index is 0.0752. The largest absolute Gasteiger partial charge is 0.355 e. The van der Waals surface area contributed by atoms with Crippen molar-refractivity contribution in [1.82, 2.24) is 24.6 Å². The van der Waals surface area contributed by atoms with E-state index in [1.54, 1.807) is 24.7 Å². The van der Waals surface area contributed by atoms with Gasteiger partial charge in [-0.15, -0.1) is 0 Å². The summed E-state index contributed by atoms with van der Waals surface area (Å²) in [6.45, 7) is 3.60. The number of amides is 1. The van der Waals surface area contributed by atoms with Crippen LogP contribution in [0.25, 0.3) is 0 Å². The Kier molecular flexibility index (Phi) is 7.15. The van der Waals surface area contributed by atoms with Crippen molar-refractivity contribution >= 4 is 27.7 Å². The monoisotopic (exact) mass is 459 g/mol. The van der Waals surface area contributed by atoms with Crippen LogP contribution in [0.15, 0.2) is 42.9 Å². The molecule has 2 saturated heterocycles. The van der Waals surface area contributed by atoms with Crippen molar-refractivity contribution in [3.8, 4) is 0 Å². The van der Waals surface area contributed by atoms with E-state index in [9.17, 15) is 13.2 Å². The third kappa shape index (κ3) is 5.52. The summed E-state index contributed by atoms with van der Waals surface area (Å²) in [6.07, 6.45) is 6.55. The highest BCUT2D eigenvalue weighted by Crippen LogP contribution is 2.20. The number of piperidine rings is 1. The number of piperazine rings is 1. The van der Waals surface area contributed by atoms with Crippen LogP contribution in [0, 0.1) is 5.92 Å². The van der Waals surface area contributed by atoms with Gasteiger partial charge in [-0.1, -0.05) is 6.07 Å². The van der Waals surface area contributed by atoms with E-state index in [4.69, 9.17) is 0 Å². The van der Waals surface area contributed by atoms with Gasteiger partial charge in [0.15, 0.2) is 0 Å². The van der Waals surface area contributed by atoms with E-state index >= 15 is 0 Å². The summed E-state index contributed by atoms with van der Waals surface area (Å²) >= 11 is 0. The van der Waals surface area contributed by atoms with Gasteiger partial charge in [-0.3, -0.25) is 4.79 Å². The van der Waals surface area contributed by atoms with Gasteiger partial charge in [-0.05, 0) is 31.0 Å². The first-order valence-electron chi connectivity index (χ1n) is 11.0. The van der Waals surface area contributed by atoms with E-state index in [-0.39, 0.29) is 24.1 Å². The van der Waals surface area contributed by atoms with Gasteiger partial charge in [0.1, 0.15) is 5.82 Å². The molecular formula is C21H29N7O3S. The molecule has 2 aliphatic rings. The summed E-state index contributed by atoms with van der Waals surface area (Å²) in [5.41, 5.74) is 0. The first-order chi connectivity index (χ1) is 15.5. The van der Waals surface area contributed by atoms with Gasteiger partial charge in [0.05, 0.1) is 5.75 Å². The summed E-state index contributed by atoms with van der Waals surface area (Å²) in [6, 6.07) is 7.49. The molecule has 2 fully saturated rings. The lowest BCUT2D eigenvalue weighted by Crippen LogP contribution is -2.50. The van der Waals surface area contributed by atoms with Gasteiger partial charge < -0.3 is 15.1 Å². The highest BCUT2D eigenvalue weighted by atomic mass is 32.2. The molecule has 0 saturated carbocycles. The molecule has 0 bridgehead atoms. The van der Waals surface area contributed by atoms with E-state index in [0.717, 1.165) is 5.82 Å². The smallest absolute Gasteiger partial charge is 0.225 e. The second-order valence-electron chi connectivity index (χ2n) is 7.99. The highest BCUT2D eigenvalue weighted by molar-refractivity contribution is 7.89. The number of aromatic nitrogens is 3. The summed E-state index contributed by atoms with van der Waals surface area (Å²) in [5.74, 6) is 1.27. The Morgan fingerprint density at radius 1 is 0.906 bits per heavy atom. The molecule has 0 radical (unpaired) electrons. The first kappa shape index (κ1) is 22.4. The number of hydrogen-bond donors (Lipinski definition) is 1. The Bertz CT molecular complexity index is 975. The number of carbonyl (C=O) groups excluding carboxylic acids is 1. The topological polar surface area (TPSA) is 112 Å². The molecule has 10 nitrogen and oxygen atoms in total. The lowest BCUT2D eigenvalue weighted by atomic mass is 9.96. The number of hydrogen-bond acceptors (Lipinski definition) is 8. The standard InChI is InChI=1S/C21H29N7O3S/c29-20(18-5-11-27(12-6-18)21-24-8-3-9-25-21)23-10-17-32(30,31)28-15-13-26(14-16-28)19-4-1-2-7-22-19/h1-4,7-9,18H,5-6,10-17H2,(H,23,29). The zero-order chi connectivity index (χ0) is 22.4. The molecule has 1 amide bonds. The minimum Gasteiger partial charge on any atom is -0.355 e. The Balaban J connectivity index is 1.18. The number of nitrogens with zero attached hydrogens (tertiary/aromatic N) is 6. The first-order valence-corrected chi connectivity index (χ1v) is 12.6. The molecule has 0 unspecified atom stereocenters. The molecule has 2 aliphatic heterocycles. The molecule has 1 N–H and O–H groups in total. The number of rotatable bonds is 7. The molecule has 172 valence electrons. The van der Waals surface area contributed by atoms with E-state index in [2.05, 4.69) is 30.1 Å². The van der Waals surface area contributed by atoms with E-state index in [1.165, 1.54) is 4.31 Å². The molecule has 0 aliphatic carbocycles. The normalized spacial score (nSPS) is 18.5. The van der Waals surface area contributed by atoms with Crippen molar-refractivity contribution in [3.63, 3.8) is 0 Å². The fourth-order valence-electron chi connectivity index (χ4n) is 4.11. The number of anilines is 2. The molecule has 32 heavy (non-hydrogen) atoms. The van der Waals surface area contributed by atoms with Gasteiger partial charge in [-0.25, -0.2) is 23.4 Å². The van der Waals surface area contributed by atoms with Crippen LogP contribution >= 0.6 is 0 Å². The zero-order valence-corrected chi connectivity index (χ0v) is 18.8. The van der Waals surface area contributed by atoms with Crippen LogP contribution in [0.2, 0.25) is 0 Å². The van der Waals surface area contributed by atoms with Crippen molar-refractivity contribution < 1.29 is 13.2 Å². The summed E-state index contributed by atoms with van der Waals surface area (Å²) in [4.78, 5) is 29.5. The number of carbonyl (C=O) groups is 1. The number of sulfonamides is 1. The molecule has 0 atom stereocenters. The van der Waals surface area contributed by atoms with Gasteiger partial charge in [0.25, 0.3) is 0 Å². The summed E-state index contributed by atoms with van der Waals surface area (Å²) in [7, 11) is -3.41. The van der Waals surface area contributed by atoms with Crippen LogP contribution in [-0.2, 0) is 14.8 Å². The second kappa shape index (κ2) is 10.2. The van der Waals surface area contributed by atoms with E-state index < -0.39 is 10.0 Å². The molecule has 4 heterocycles. The van der Waals surface area contributed by atoms with Crippen molar-refractivity contribution in [3.05, 3.63) is 42.9 Å². The van der Waals surface area contributed by atoms with Crippen molar-refractivity contribution in [2.45, 2.75) is 12.8 Å². The van der Waals surface area contributed by atoms with E-state index in [1.807, 2.05) is 18.2 Å². The Hall–Kier alpha value is -2.79. The molecule has 0 spiro atoms. The summed E-state index contributed by atoms with van der Waals surface area (Å²) < 4.78 is 26.9. The summed E-state index contributed by atoms with van der Waals surface area (Å²) in [5, 5.41) is 2.82. The van der Waals surface area contributed by atoms with Crippen LogP contribution in [0.1, 0.15) is 12.8 Å². The minimum atomic E-state index is -3.41. The number of nitrogens with one attached hydrogen (secondary N) is 1. The SMILES string of the molecule is O=C(NCCS(=O)(=O)N1CCN(c2ccccn2)CC1)C1CCN(c2ncccn2)CC1. The van der Waals surface area contributed by atoms with Crippen LogP contribution < -0.4 is 15.1 Å². The highest BCUT2D eigenvalue weighted by Gasteiger charge is 2.29. The zero-order valence-electron chi connectivity index (χ0n) is 18.0. The van der Waals surface area contributed by atoms with E-state index in [0.29, 0.717) is 58.1 Å². The average Bonchev–Trinajstić information content (AvgIpc) is 2.85. The van der Waals surface area contributed by atoms with Crippen LogP contribution in [0.5, 0.6) is 0 Å². The second-order valence-corrected chi connectivity index (χ2v) is 10.1. The van der Waals surface area contributed by atoms with Crippen molar-refractivity contribution in [1.29, 1.82) is 0 Å². The Labute approximate surface area is 188 Å². The van der Waals surface area contributed by atoms with Crippen molar-refractivity contribution in [2.75, 3.05) is 61.4 Å². The fraction of sp³-hybridized carbons (Fsp3) is 0.524. The predicted molar refractivity (Wildman–Crippen MR) is 122 cm³/mol. The molecular weight excluding hydrogens is 430 g/mol. The Morgan fingerprint density at radius 3 is 2.25 bits per heavy atom. The molecule has 2 aromatic rings. The number of pyridine rings is 1.